The third kappa shape index (κ3) is 263. The molecule has 0 N–H and O–H groups in total. The first-order valence-electron chi connectivity index (χ1n) is 4.04. The van der Waals surface area contributed by atoms with Gasteiger partial charge in [-0.15, -0.1) is 0 Å². The van der Waals surface area contributed by atoms with Crippen LogP contribution in [0.25, 0.3) is 0 Å². The molecule has 0 spiro atoms. The number of esters is 1. The third-order valence-corrected chi connectivity index (χ3v) is 0.626. The van der Waals surface area contributed by atoms with Gasteiger partial charge in [0.15, 0.2) is 0 Å². The van der Waals surface area contributed by atoms with E-state index in [-0.39, 0.29) is 23.0 Å². The molecule has 12 heteroatoms. The molecule has 0 saturated heterocycles. The first kappa shape index (κ1) is 42.8. The zero-order chi connectivity index (χ0) is 18.9. The molecule has 125 valence electrons. The van der Waals surface area contributed by atoms with Crippen LogP contribution in [0.4, 0.5) is 17.3 Å². The molecule has 0 aliphatic carbocycles. The third-order valence-electron chi connectivity index (χ3n) is 0.626. The largest absolute Gasteiger partial charge is 0 e. The van der Waals surface area contributed by atoms with E-state index in [1.807, 2.05) is 6.92 Å². The van der Waals surface area contributed by atoms with E-state index >= 15 is 0 Å². The zero-order valence-corrected chi connectivity index (χ0v) is 12.2. The second-order valence-corrected chi connectivity index (χ2v) is 1.71. The van der Waals surface area contributed by atoms with Gasteiger partial charge in [0.25, 0.3) is 0 Å². The summed E-state index contributed by atoms with van der Waals surface area (Å²) in [4.78, 5) is 10.2. The Morgan fingerprint density at radius 1 is 0.955 bits per heavy atom. The normalized spacial score (nSPS) is 6.27. The average Bonchev–Trinajstić information content (AvgIpc) is 2.51. The van der Waals surface area contributed by atoms with E-state index in [0.717, 1.165) is 0 Å². The molecule has 0 aromatic carbocycles. The summed E-state index contributed by atoms with van der Waals surface area (Å²) in [5, 5.41) is 0. The summed E-state index contributed by atoms with van der Waals surface area (Å²) in [5.41, 5.74) is 0. The minimum Gasteiger partial charge on any atom is 0 e. The predicted octanol–water partition coefficient (Wildman–Crippen LogP) is 1.94. The molecule has 0 aliphatic heterocycles. The summed E-state index contributed by atoms with van der Waals surface area (Å²) in [7, 11) is -4.65. The summed E-state index contributed by atoms with van der Waals surface area (Å²) >= 11 is 0. The van der Waals surface area contributed by atoms with E-state index in [1.165, 1.54) is 13.5 Å². The molecule has 0 amide bonds. The maximum atomic E-state index is 10.2. The molecule has 0 saturated carbocycles. The van der Waals surface area contributed by atoms with Crippen LogP contribution in [-0.4, -0.2) is 20.3 Å². The molecule has 0 aromatic rings. The Kier molecular flexibility index (Phi) is 97.9. The van der Waals surface area contributed by atoms with Crippen molar-refractivity contribution in [1.29, 1.82) is 0 Å². The molecule has 3 radical (unpaired) electrons. The van der Waals surface area contributed by atoms with Crippen molar-refractivity contribution in [3.8, 4) is 0 Å². The number of ether oxygens (including phenoxy) is 1. The SMILES string of the molecule is C[CH][CH][CH]C(=O)OC.F[B-](F)(F)F.[C-]#[O+].[C-]#[O+].[C-]#[O+].[C-]#[O+].[Fe]. The molecule has 0 aromatic heterocycles. The fourth-order valence-electron chi connectivity index (χ4n) is 0.243. The first-order valence-corrected chi connectivity index (χ1v) is 4.04. The first-order chi connectivity index (χ1) is 9.81. The Morgan fingerprint density at radius 2 is 1.18 bits per heavy atom. The van der Waals surface area contributed by atoms with Gasteiger partial charge in [0, 0.05) is 17.1 Å². The minimum atomic E-state index is -6.00. The van der Waals surface area contributed by atoms with E-state index in [2.05, 4.69) is 31.3 Å². The fraction of sp³-hybridized carbons (Fsp3) is 0.200. The van der Waals surface area contributed by atoms with Gasteiger partial charge < -0.3 is 22.0 Å². The molecule has 0 fully saturated rings. The number of hydrogen-bond acceptors (Lipinski definition) is 2. The van der Waals surface area contributed by atoms with Crippen LogP contribution >= 0.6 is 0 Å². The Balaban J connectivity index is -0.0000000281. The maximum absolute atomic E-state index is 10.2. The molecule has 0 atom stereocenters. The van der Waals surface area contributed by atoms with E-state index < -0.39 is 7.25 Å². The quantitative estimate of drug-likeness (QED) is 0.250. The summed E-state index contributed by atoms with van der Waals surface area (Å²) in [6.07, 6.45) is 4.75. The number of rotatable bonds is 3. The second kappa shape index (κ2) is 50.3. The summed E-state index contributed by atoms with van der Waals surface area (Å²) in [5.74, 6) is -0.317. The maximum Gasteiger partial charge on any atom is 0 e. The molecular formula is C10H9BF4FeO6-. The van der Waals surface area contributed by atoms with Crippen LogP contribution < -0.4 is 0 Å². The van der Waals surface area contributed by atoms with Gasteiger partial charge >= 0.3 is 58.4 Å². The van der Waals surface area contributed by atoms with Crippen molar-refractivity contribution < 1.29 is 62.5 Å². The Morgan fingerprint density at radius 3 is 1.32 bits per heavy atom. The van der Waals surface area contributed by atoms with Crippen molar-refractivity contribution in [1.82, 2.24) is 0 Å². The smallest absolute Gasteiger partial charge is 0 e. The van der Waals surface area contributed by atoms with Gasteiger partial charge in [-0.2, -0.15) is 0 Å². The van der Waals surface area contributed by atoms with Gasteiger partial charge in [-0.25, -0.2) is 0 Å². The predicted molar refractivity (Wildman–Crippen MR) is 56.5 cm³/mol. The topological polar surface area (TPSA) is 106 Å². The van der Waals surface area contributed by atoms with Crippen molar-refractivity contribution >= 4 is 13.2 Å². The molecule has 0 rings (SSSR count). The van der Waals surface area contributed by atoms with Crippen LogP contribution in [0.2, 0.25) is 0 Å². The molecule has 22 heavy (non-hydrogen) atoms. The van der Waals surface area contributed by atoms with Crippen molar-refractivity contribution in [2.24, 2.45) is 0 Å². The van der Waals surface area contributed by atoms with E-state index in [1.54, 1.807) is 12.8 Å². The second-order valence-electron chi connectivity index (χ2n) is 1.71. The van der Waals surface area contributed by atoms with E-state index in [4.69, 9.17) is 18.6 Å². The fourth-order valence-corrected chi connectivity index (χ4v) is 0.243. The van der Waals surface area contributed by atoms with Crippen LogP contribution in [0.5, 0.6) is 0 Å². The van der Waals surface area contributed by atoms with Gasteiger partial charge in [-0.05, 0) is 12.8 Å². The van der Waals surface area contributed by atoms with Crippen LogP contribution in [0.15, 0.2) is 0 Å². The zero-order valence-electron chi connectivity index (χ0n) is 11.1. The monoisotopic (exact) mass is 368 g/mol. The Labute approximate surface area is 136 Å². The number of unbranched alkanes of at least 4 members (excludes halogenated alkanes) is 1. The molecule has 6 nitrogen and oxygen atoms in total. The van der Waals surface area contributed by atoms with Gasteiger partial charge in [0.05, 0.1) is 13.5 Å². The van der Waals surface area contributed by atoms with Crippen molar-refractivity contribution in [3.05, 3.63) is 45.9 Å². The van der Waals surface area contributed by atoms with Crippen molar-refractivity contribution in [2.45, 2.75) is 6.92 Å². The van der Waals surface area contributed by atoms with E-state index in [0.29, 0.717) is 0 Å². The average molecular weight is 368 g/mol. The minimum absolute atomic E-state index is 0. The number of methoxy groups -OCH3 is 1. The van der Waals surface area contributed by atoms with Crippen LogP contribution in [-0.2, 0) is 45.2 Å². The number of halogens is 4. The molecule has 0 heterocycles. The number of carbonyl (C=O) groups excluding carboxylic acids is 1. The molecular weight excluding hydrogens is 359 g/mol. The van der Waals surface area contributed by atoms with Crippen LogP contribution in [0.3, 0.4) is 0 Å². The van der Waals surface area contributed by atoms with Crippen molar-refractivity contribution in [3.63, 3.8) is 0 Å². The standard InChI is InChI=1S/C6H9O2.4CO.BF4.Fe/c1-3-4-5-6(7)8-2;4*1-2;2-1(3,4)5;/h3-5H,1-2H3;;;;;;/q;;;;;-1;. The van der Waals surface area contributed by atoms with Gasteiger partial charge in [-0.3, -0.25) is 4.79 Å². The van der Waals surface area contributed by atoms with Crippen LogP contribution in [0, 0.1) is 45.9 Å². The van der Waals surface area contributed by atoms with Gasteiger partial charge in [0.2, 0.25) is 0 Å². The summed E-state index contributed by atoms with van der Waals surface area (Å²) < 4.78 is 73.3. The van der Waals surface area contributed by atoms with Crippen LogP contribution in [0.1, 0.15) is 6.92 Å². The Bertz CT molecular complexity index is 248. The van der Waals surface area contributed by atoms with Gasteiger partial charge in [-0.1, -0.05) is 6.92 Å². The van der Waals surface area contributed by atoms with Crippen molar-refractivity contribution in [2.75, 3.05) is 7.11 Å². The van der Waals surface area contributed by atoms with E-state index in [9.17, 15) is 22.1 Å². The number of hydrogen-bond donors (Lipinski definition) is 0. The molecule has 0 aliphatic rings. The summed E-state index contributed by atoms with van der Waals surface area (Å²) in [6, 6.07) is 0. The Hall–Kier alpha value is -1.27. The molecule has 0 bridgehead atoms. The molecule has 0 unspecified atom stereocenters. The number of carbonyl (C=O) groups is 1. The van der Waals surface area contributed by atoms with Gasteiger partial charge in [0.1, 0.15) is 0 Å². The summed E-state index contributed by atoms with van der Waals surface area (Å²) in [6.45, 7) is 19.8.